The minimum absolute atomic E-state index is 0.0137. The summed E-state index contributed by atoms with van der Waals surface area (Å²) >= 11 is 0. The SMILES string of the molecule is Cc1ccc(CC(=O)C2(NC(=O)C3CC3c3nc4ccccc4[nH]3)CC2)cc1. The number of carbonyl (C=O) groups is 2. The van der Waals surface area contributed by atoms with Crippen LogP contribution in [0.2, 0.25) is 0 Å². The van der Waals surface area contributed by atoms with Crippen LogP contribution in [0.5, 0.6) is 0 Å². The number of hydrogen-bond acceptors (Lipinski definition) is 3. The van der Waals surface area contributed by atoms with Crippen LogP contribution >= 0.6 is 0 Å². The molecular weight excluding hydrogens is 350 g/mol. The van der Waals surface area contributed by atoms with Crippen molar-refractivity contribution in [3.05, 3.63) is 65.5 Å². The number of fused-ring (bicyclic) bond motifs is 1. The van der Waals surface area contributed by atoms with Gasteiger partial charge in [0.15, 0.2) is 5.78 Å². The van der Waals surface area contributed by atoms with Gasteiger partial charge in [-0.2, -0.15) is 0 Å². The number of Topliss-reactive ketones (excluding diaryl/α,β-unsaturated/α-hetero) is 1. The Hall–Kier alpha value is -2.95. The molecule has 1 amide bonds. The lowest BCUT2D eigenvalue weighted by molar-refractivity contribution is -0.129. The number of nitrogens with one attached hydrogen (secondary N) is 2. The van der Waals surface area contributed by atoms with Crippen molar-refractivity contribution in [2.75, 3.05) is 0 Å². The topological polar surface area (TPSA) is 74.8 Å². The van der Waals surface area contributed by atoms with Crippen molar-refractivity contribution in [3.8, 4) is 0 Å². The average Bonchev–Trinajstić information content (AvgIpc) is 3.60. The summed E-state index contributed by atoms with van der Waals surface area (Å²) in [7, 11) is 0. The number of aryl methyl sites for hydroxylation is 1. The second-order valence-corrected chi connectivity index (χ2v) is 8.24. The zero-order valence-corrected chi connectivity index (χ0v) is 15.9. The first-order valence-electron chi connectivity index (χ1n) is 9.90. The van der Waals surface area contributed by atoms with Crippen molar-refractivity contribution >= 4 is 22.7 Å². The molecule has 0 spiro atoms. The Morgan fingerprint density at radius 2 is 1.89 bits per heavy atom. The first-order valence-corrected chi connectivity index (χ1v) is 9.90. The Bertz CT molecular complexity index is 1030. The molecule has 5 heteroatoms. The minimum atomic E-state index is -0.650. The average molecular weight is 373 g/mol. The van der Waals surface area contributed by atoms with Gasteiger partial charge >= 0.3 is 0 Å². The predicted molar refractivity (Wildman–Crippen MR) is 107 cm³/mol. The quantitative estimate of drug-likeness (QED) is 0.695. The van der Waals surface area contributed by atoms with Crippen molar-refractivity contribution in [2.45, 2.75) is 44.1 Å². The lowest BCUT2D eigenvalue weighted by Gasteiger charge is -2.16. The van der Waals surface area contributed by atoms with E-state index in [9.17, 15) is 9.59 Å². The maximum atomic E-state index is 12.8. The van der Waals surface area contributed by atoms with Gasteiger partial charge in [0.2, 0.25) is 5.91 Å². The molecule has 2 aliphatic carbocycles. The second-order valence-electron chi connectivity index (χ2n) is 8.24. The highest BCUT2D eigenvalue weighted by Gasteiger charge is 2.54. The van der Waals surface area contributed by atoms with Crippen LogP contribution in [0.25, 0.3) is 11.0 Å². The van der Waals surface area contributed by atoms with Crippen molar-refractivity contribution in [1.29, 1.82) is 0 Å². The summed E-state index contributed by atoms with van der Waals surface area (Å²) < 4.78 is 0. The van der Waals surface area contributed by atoms with Crippen LogP contribution < -0.4 is 5.32 Å². The molecule has 0 aliphatic heterocycles. The van der Waals surface area contributed by atoms with Crippen molar-refractivity contribution in [2.24, 2.45) is 5.92 Å². The van der Waals surface area contributed by atoms with Gasteiger partial charge in [-0.25, -0.2) is 4.98 Å². The number of H-pyrrole nitrogens is 1. The molecule has 5 nitrogen and oxygen atoms in total. The van der Waals surface area contributed by atoms with Crippen LogP contribution in [-0.4, -0.2) is 27.2 Å². The van der Waals surface area contributed by atoms with E-state index in [4.69, 9.17) is 0 Å². The summed E-state index contributed by atoms with van der Waals surface area (Å²) in [6.45, 7) is 2.03. The molecule has 2 saturated carbocycles. The molecule has 2 unspecified atom stereocenters. The fourth-order valence-corrected chi connectivity index (χ4v) is 3.92. The summed E-state index contributed by atoms with van der Waals surface area (Å²) in [5, 5.41) is 3.06. The molecular formula is C23H23N3O2. The van der Waals surface area contributed by atoms with E-state index in [-0.39, 0.29) is 23.5 Å². The molecule has 28 heavy (non-hydrogen) atoms. The van der Waals surface area contributed by atoms with Gasteiger partial charge in [-0.15, -0.1) is 0 Å². The normalized spacial score (nSPS) is 22.0. The van der Waals surface area contributed by atoms with Crippen LogP contribution in [0.15, 0.2) is 48.5 Å². The molecule has 2 N–H and O–H groups in total. The summed E-state index contributed by atoms with van der Waals surface area (Å²) in [5.74, 6) is 1.00. The largest absolute Gasteiger partial charge is 0.343 e. The first kappa shape index (κ1) is 17.2. The van der Waals surface area contributed by atoms with E-state index in [1.807, 2.05) is 55.5 Å². The summed E-state index contributed by atoms with van der Waals surface area (Å²) in [6.07, 6.45) is 2.64. The Labute approximate surface area is 163 Å². The maximum absolute atomic E-state index is 12.8. The second kappa shape index (κ2) is 6.30. The minimum Gasteiger partial charge on any atom is -0.343 e. The molecule has 2 atom stereocenters. The first-order chi connectivity index (χ1) is 13.5. The number of carbonyl (C=O) groups excluding carboxylic acids is 2. The van der Waals surface area contributed by atoms with Gasteiger partial charge in [0.05, 0.1) is 16.6 Å². The van der Waals surface area contributed by atoms with E-state index in [0.717, 1.165) is 41.7 Å². The molecule has 2 aliphatic rings. The number of amides is 1. The van der Waals surface area contributed by atoms with E-state index in [1.165, 1.54) is 5.56 Å². The van der Waals surface area contributed by atoms with Gasteiger partial charge in [0.25, 0.3) is 0 Å². The third-order valence-electron chi connectivity index (χ3n) is 6.02. The highest BCUT2D eigenvalue weighted by molar-refractivity contribution is 5.97. The van der Waals surface area contributed by atoms with E-state index in [1.54, 1.807) is 0 Å². The van der Waals surface area contributed by atoms with Crippen LogP contribution in [0.4, 0.5) is 0 Å². The predicted octanol–water partition coefficient (Wildman–Crippen LogP) is 3.44. The molecule has 0 bridgehead atoms. The number of benzene rings is 2. The molecule has 0 radical (unpaired) electrons. The van der Waals surface area contributed by atoms with Gasteiger partial charge in [0, 0.05) is 18.3 Å². The molecule has 1 heterocycles. The Balaban J connectivity index is 1.23. The molecule has 2 aromatic carbocycles. The van der Waals surface area contributed by atoms with Crippen molar-refractivity contribution in [3.63, 3.8) is 0 Å². The lowest BCUT2D eigenvalue weighted by atomic mass is 10.0. The molecule has 142 valence electrons. The molecule has 5 rings (SSSR count). The summed E-state index contributed by atoms with van der Waals surface area (Å²) in [5.41, 5.74) is 3.45. The van der Waals surface area contributed by atoms with Gasteiger partial charge in [-0.05, 0) is 43.9 Å². The van der Waals surface area contributed by atoms with Crippen LogP contribution in [0.1, 0.15) is 42.1 Å². The van der Waals surface area contributed by atoms with Crippen LogP contribution in [0.3, 0.4) is 0 Å². The monoisotopic (exact) mass is 373 g/mol. The molecule has 3 aromatic rings. The number of aromatic nitrogens is 2. The number of aromatic amines is 1. The summed E-state index contributed by atoms with van der Waals surface area (Å²) in [6, 6.07) is 15.9. The maximum Gasteiger partial charge on any atom is 0.224 e. The van der Waals surface area contributed by atoms with Crippen molar-refractivity contribution < 1.29 is 9.59 Å². The van der Waals surface area contributed by atoms with Gasteiger partial charge in [-0.3, -0.25) is 9.59 Å². The fraction of sp³-hybridized carbons (Fsp3) is 0.348. The molecule has 1 aromatic heterocycles. The number of nitrogens with zero attached hydrogens (tertiary/aromatic N) is 1. The number of imidazole rings is 1. The van der Waals surface area contributed by atoms with Gasteiger partial charge in [0.1, 0.15) is 5.82 Å². The Kier molecular flexibility index (Phi) is 3.86. The molecule has 2 fully saturated rings. The van der Waals surface area contributed by atoms with Gasteiger partial charge < -0.3 is 10.3 Å². The summed E-state index contributed by atoms with van der Waals surface area (Å²) in [4.78, 5) is 33.5. The van der Waals surface area contributed by atoms with E-state index >= 15 is 0 Å². The van der Waals surface area contributed by atoms with Gasteiger partial charge in [-0.1, -0.05) is 42.0 Å². The zero-order chi connectivity index (χ0) is 19.3. The molecule has 0 saturated heterocycles. The zero-order valence-electron chi connectivity index (χ0n) is 15.9. The third kappa shape index (κ3) is 3.11. The smallest absolute Gasteiger partial charge is 0.224 e. The van der Waals surface area contributed by atoms with Crippen molar-refractivity contribution in [1.82, 2.24) is 15.3 Å². The Morgan fingerprint density at radius 1 is 1.14 bits per heavy atom. The van der Waals surface area contributed by atoms with Crippen LogP contribution in [-0.2, 0) is 16.0 Å². The number of para-hydroxylation sites is 2. The van der Waals surface area contributed by atoms with E-state index in [0.29, 0.717) is 6.42 Å². The number of rotatable bonds is 6. The third-order valence-corrected chi connectivity index (χ3v) is 6.02. The lowest BCUT2D eigenvalue weighted by Crippen LogP contribution is -2.44. The number of hydrogen-bond donors (Lipinski definition) is 2. The van der Waals surface area contributed by atoms with E-state index in [2.05, 4.69) is 15.3 Å². The Morgan fingerprint density at radius 3 is 2.61 bits per heavy atom. The standard InChI is InChI=1S/C23H23N3O2/c1-14-6-8-15(9-7-14)12-20(27)23(10-11-23)26-22(28)17-13-16(17)21-24-18-4-2-3-5-19(18)25-21/h2-9,16-17H,10-13H2,1H3,(H,24,25)(H,26,28). The number of ketones is 1. The highest BCUT2D eigenvalue weighted by atomic mass is 16.2. The highest BCUT2D eigenvalue weighted by Crippen LogP contribution is 2.48. The fourth-order valence-electron chi connectivity index (χ4n) is 3.92. The van der Waals surface area contributed by atoms with E-state index < -0.39 is 5.54 Å². The van der Waals surface area contributed by atoms with Crippen LogP contribution in [0, 0.1) is 12.8 Å².